The average molecular weight is 407 g/mol. The number of nitrogens with one attached hydrogen (secondary N) is 1. The van der Waals surface area contributed by atoms with Crippen LogP contribution in [0, 0.1) is 18.8 Å². The summed E-state index contributed by atoms with van der Waals surface area (Å²) in [5.41, 5.74) is 5.64. The SMILES string of the molecule is Cc1occc1C(=O)N[C@@H](CC(C)C(C)C)C(=O)N(C)C1C(=O)COC1C(N)=O. The molecule has 29 heavy (non-hydrogen) atoms. The molecule has 3 unspecified atom stereocenters. The van der Waals surface area contributed by atoms with Crippen molar-refractivity contribution in [2.24, 2.45) is 17.6 Å². The number of hydrogen-bond acceptors (Lipinski definition) is 6. The Hall–Kier alpha value is -2.68. The van der Waals surface area contributed by atoms with Gasteiger partial charge in [-0.2, -0.15) is 0 Å². The fourth-order valence-corrected chi connectivity index (χ4v) is 3.28. The lowest BCUT2D eigenvalue weighted by Gasteiger charge is -2.31. The zero-order valence-electron chi connectivity index (χ0n) is 17.4. The van der Waals surface area contributed by atoms with Gasteiger partial charge in [0.05, 0.1) is 11.8 Å². The second-order valence-corrected chi connectivity index (χ2v) is 7.87. The van der Waals surface area contributed by atoms with Gasteiger partial charge in [0.25, 0.3) is 5.91 Å². The molecule has 3 amide bonds. The summed E-state index contributed by atoms with van der Waals surface area (Å²) >= 11 is 0. The van der Waals surface area contributed by atoms with Crippen molar-refractivity contribution in [3.63, 3.8) is 0 Å². The maximum Gasteiger partial charge on any atom is 0.255 e. The second kappa shape index (κ2) is 9.21. The Bertz CT molecular complexity index is 787. The molecule has 9 nitrogen and oxygen atoms in total. The molecule has 1 fully saturated rings. The minimum absolute atomic E-state index is 0.116. The van der Waals surface area contributed by atoms with Crippen LogP contribution in [0.4, 0.5) is 0 Å². The summed E-state index contributed by atoms with van der Waals surface area (Å²) in [6.45, 7) is 7.39. The molecule has 1 saturated heterocycles. The Morgan fingerprint density at radius 2 is 1.97 bits per heavy atom. The lowest BCUT2D eigenvalue weighted by atomic mass is 9.90. The molecule has 0 bridgehead atoms. The van der Waals surface area contributed by atoms with E-state index in [1.807, 2.05) is 20.8 Å². The first-order chi connectivity index (χ1) is 13.5. The van der Waals surface area contributed by atoms with Gasteiger partial charge in [0.15, 0.2) is 11.9 Å². The number of furan rings is 1. The molecule has 1 aliphatic heterocycles. The van der Waals surface area contributed by atoms with Crippen molar-refractivity contribution in [3.8, 4) is 0 Å². The van der Waals surface area contributed by atoms with E-state index in [0.29, 0.717) is 17.7 Å². The van der Waals surface area contributed by atoms with E-state index in [0.717, 1.165) is 4.90 Å². The van der Waals surface area contributed by atoms with Gasteiger partial charge in [0, 0.05) is 7.05 Å². The lowest BCUT2D eigenvalue weighted by Crippen LogP contribution is -2.56. The molecule has 3 N–H and O–H groups in total. The van der Waals surface area contributed by atoms with Gasteiger partial charge in [0.2, 0.25) is 11.8 Å². The van der Waals surface area contributed by atoms with Gasteiger partial charge in [-0.3, -0.25) is 19.2 Å². The normalized spacial score (nSPS) is 21.1. The third-order valence-electron chi connectivity index (χ3n) is 5.52. The minimum atomic E-state index is -1.20. The van der Waals surface area contributed by atoms with E-state index in [4.69, 9.17) is 14.9 Å². The molecule has 1 aromatic heterocycles. The first-order valence-corrected chi connectivity index (χ1v) is 9.59. The predicted molar refractivity (Wildman–Crippen MR) is 104 cm³/mol. The van der Waals surface area contributed by atoms with Gasteiger partial charge >= 0.3 is 0 Å². The highest BCUT2D eigenvalue weighted by Crippen LogP contribution is 2.21. The van der Waals surface area contributed by atoms with Crippen LogP contribution in [-0.4, -0.2) is 60.2 Å². The maximum absolute atomic E-state index is 13.2. The summed E-state index contributed by atoms with van der Waals surface area (Å²) in [7, 11) is 1.41. The van der Waals surface area contributed by atoms with Gasteiger partial charge in [0.1, 0.15) is 24.5 Å². The predicted octanol–water partition coefficient (Wildman–Crippen LogP) is 0.649. The minimum Gasteiger partial charge on any atom is -0.469 e. The Balaban J connectivity index is 2.25. The van der Waals surface area contributed by atoms with Gasteiger partial charge < -0.3 is 25.1 Å². The summed E-state index contributed by atoms with van der Waals surface area (Å²) < 4.78 is 10.3. The lowest BCUT2D eigenvalue weighted by molar-refractivity contribution is -0.141. The van der Waals surface area contributed by atoms with Gasteiger partial charge in [-0.15, -0.1) is 0 Å². The smallest absolute Gasteiger partial charge is 0.255 e. The van der Waals surface area contributed by atoms with Crippen LogP contribution < -0.4 is 11.1 Å². The van der Waals surface area contributed by atoms with E-state index in [1.165, 1.54) is 19.4 Å². The molecule has 1 aliphatic rings. The quantitative estimate of drug-likeness (QED) is 0.650. The summed E-state index contributed by atoms with van der Waals surface area (Å²) in [5, 5.41) is 2.75. The molecule has 0 radical (unpaired) electrons. The number of carbonyl (C=O) groups excluding carboxylic acids is 4. The number of nitrogens with zero attached hydrogens (tertiary/aromatic N) is 1. The number of carbonyl (C=O) groups is 4. The molecular weight excluding hydrogens is 378 g/mol. The second-order valence-electron chi connectivity index (χ2n) is 7.87. The number of nitrogens with two attached hydrogens (primary N) is 1. The fourth-order valence-electron chi connectivity index (χ4n) is 3.28. The Morgan fingerprint density at radius 1 is 1.31 bits per heavy atom. The number of amides is 3. The highest BCUT2D eigenvalue weighted by Gasteiger charge is 2.45. The molecule has 2 rings (SSSR count). The molecule has 4 atom stereocenters. The van der Waals surface area contributed by atoms with Crippen LogP contribution in [0.5, 0.6) is 0 Å². The van der Waals surface area contributed by atoms with Gasteiger partial charge in [-0.25, -0.2) is 0 Å². The highest BCUT2D eigenvalue weighted by atomic mass is 16.5. The molecule has 0 aromatic carbocycles. The van der Waals surface area contributed by atoms with Crippen LogP contribution in [-0.2, 0) is 19.1 Å². The van der Waals surface area contributed by atoms with Crippen LogP contribution in [0.3, 0.4) is 0 Å². The van der Waals surface area contributed by atoms with Gasteiger partial charge in [-0.1, -0.05) is 20.8 Å². The third kappa shape index (κ3) is 5.03. The largest absolute Gasteiger partial charge is 0.469 e. The Labute approximate surface area is 169 Å². The zero-order chi connectivity index (χ0) is 21.9. The van der Waals surface area contributed by atoms with E-state index < -0.39 is 41.7 Å². The number of Topliss-reactive ketones (excluding diaryl/α,β-unsaturated/α-hetero) is 1. The summed E-state index contributed by atoms with van der Waals surface area (Å²) in [5.74, 6) is -1.32. The van der Waals surface area contributed by atoms with Crippen LogP contribution in [0.1, 0.15) is 43.3 Å². The van der Waals surface area contributed by atoms with Crippen molar-refractivity contribution in [3.05, 3.63) is 23.7 Å². The molecule has 2 heterocycles. The number of ether oxygens (including phenoxy) is 1. The molecular formula is C20H29N3O6. The molecule has 1 aromatic rings. The molecule has 0 spiro atoms. The van der Waals surface area contributed by atoms with Crippen molar-refractivity contribution in [1.82, 2.24) is 10.2 Å². The van der Waals surface area contributed by atoms with Crippen LogP contribution in [0.2, 0.25) is 0 Å². The van der Waals surface area contributed by atoms with Crippen LogP contribution in [0.25, 0.3) is 0 Å². The zero-order valence-corrected chi connectivity index (χ0v) is 17.4. The number of ketones is 1. The first kappa shape index (κ1) is 22.6. The van der Waals surface area contributed by atoms with Gasteiger partial charge in [-0.05, 0) is 31.2 Å². The van der Waals surface area contributed by atoms with Crippen LogP contribution in [0.15, 0.2) is 16.7 Å². The van der Waals surface area contributed by atoms with Crippen molar-refractivity contribution in [1.29, 1.82) is 0 Å². The number of likely N-dealkylation sites (N-methyl/N-ethyl adjacent to an activating group) is 1. The monoisotopic (exact) mass is 407 g/mol. The number of rotatable bonds is 8. The molecule has 160 valence electrons. The number of aryl methyl sites for hydroxylation is 1. The first-order valence-electron chi connectivity index (χ1n) is 9.59. The fraction of sp³-hybridized carbons (Fsp3) is 0.600. The summed E-state index contributed by atoms with van der Waals surface area (Å²) in [4.78, 5) is 50.9. The van der Waals surface area contributed by atoms with Crippen molar-refractivity contribution >= 4 is 23.5 Å². The number of hydrogen-bond donors (Lipinski definition) is 2. The van der Waals surface area contributed by atoms with E-state index in [1.54, 1.807) is 6.92 Å². The highest BCUT2D eigenvalue weighted by molar-refractivity contribution is 6.01. The topological polar surface area (TPSA) is 132 Å². The van der Waals surface area contributed by atoms with Crippen LogP contribution >= 0.6 is 0 Å². The standard InChI is InChI=1S/C20H29N3O6/c1-10(2)11(3)8-14(22-19(26)13-6-7-28-12(13)4)20(27)23(5)16-15(24)9-29-17(16)18(21)25/h6-7,10-11,14,16-17H,8-9H2,1-5H3,(H2,21,25)(H,22,26)/t11?,14-,16?,17?/m0/s1. The van der Waals surface area contributed by atoms with E-state index >= 15 is 0 Å². The maximum atomic E-state index is 13.2. The van der Waals surface area contributed by atoms with Crippen molar-refractivity contribution in [2.75, 3.05) is 13.7 Å². The summed E-state index contributed by atoms with van der Waals surface area (Å²) in [6.07, 6.45) is 0.564. The Kier molecular flexibility index (Phi) is 7.18. The molecule has 0 saturated carbocycles. The third-order valence-corrected chi connectivity index (χ3v) is 5.52. The summed E-state index contributed by atoms with van der Waals surface area (Å²) in [6, 6.07) is -0.468. The average Bonchev–Trinajstić information content (AvgIpc) is 3.25. The van der Waals surface area contributed by atoms with Crippen molar-refractivity contribution < 1.29 is 28.3 Å². The number of primary amides is 1. The van der Waals surface area contributed by atoms with E-state index in [9.17, 15) is 19.2 Å². The Morgan fingerprint density at radius 3 is 2.48 bits per heavy atom. The van der Waals surface area contributed by atoms with E-state index in [2.05, 4.69) is 5.32 Å². The molecule has 9 heteroatoms. The van der Waals surface area contributed by atoms with E-state index in [-0.39, 0.29) is 18.4 Å². The van der Waals surface area contributed by atoms with Crippen molar-refractivity contribution in [2.45, 2.75) is 52.3 Å². The molecule has 0 aliphatic carbocycles.